The summed E-state index contributed by atoms with van der Waals surface area (Å²) in [5.74, 6) is 1.16. The molecule has 2 bridgehead atoms. The summed E-state index contributed by atoms with van der Waals surface area (Å²) in [5.41, 5.74) is -0.0941. The summed E-state index contributed by atoms with van der Waals surface area (Å²) >= 11 is 0. The number of nitrogens with zero attached hydrogens (tertiary/aromatic N) is 2. The third kappa shape index (κ3) is 1.47. The van der Waals surface area contributed by atoms with Crippen LogP contribution >= 0.6 is 0 Å². The smallest absolute Gasteiger partial charge is 0.254 e. The van der Waals surface area contributed by atoms with Gasteiger partial charge < -0.3 is 9.47 Å². The molecule has 6 rings (SSSR count). The van der Waals surface area contributed by atoms with E-state index in [-0.39, 0.29) is 12.1 Å². The van der Waals surface area contributed by atoms with Crippen LogP contribution in [0.2, 0.25) is 0 Å². The van der Waals surface area contributed by atoms with Crippen molar-refractivity contribution in [1.82, 2.24) is 4.90 Å². The van der Waals surface area contributed by atoms with Gasteiger partial charge in [0.2, 0.25) is 5.90 Å². The zero-order chi connectivity index (χ0) is 15.7. The van der Waals surface area contributed by atoms with Gasteiger partial charge in [-0.1, -0.05) is 36.8 Å². The molecule has 4 aliphatic heterocycles. The number of rotatable bonds is 1. The highest BCUT2D eigenvalue weighted by atomic mass is 16.5. The zero-order valence-electron chi connectivity index (χ0n) is 13.2. The number of aliphatic imine (C=N–C) groups is 1. The number of methoxy groups -OCH3 is 1. The molecule has 2 unspecified atom stereocenters. The van der Waals surface area contributed by atoms with Crippen LogP contribution in [0.4, 0.5) is 0 Å². The molecular formula is C18H20N2O3. The van der Waals surface area contributed by atoms with Crippen molar-refractivity contribution >= 4 is 11.8 Å². The Bertz CT molecular complexity index is 703. The van der Waals surface area contributed by atoms with Gasteiger partial charge in [0.05, 0.1) is 13.7 Å². The van der Waals surface area contributed by atoms with Gasteiger partial charge in [-0.05, 0) is 25.2 Å². The van der Waals surface area contributed by atoms with E-state index in [1.807, 2.05) is 35.2 Å². The van der Waals surface area contributed by atoms with Gasteiger partial charge in [0.25, 0.3) is 5.91 Å². The molecule has 4 heterocycles. The first kappa shape index (κ1) is 13.5. The van der Waals surface area contributed by atoms with Crippen LogP contribution in [0, 0.1) is 5.92 Å². The minimum atomic E-state index is -0.603. The highest BCUT2D eigenvalue weighted by Crippen LogP contribution is 2.58. The molecule has 1 saturated carbocycles. The van der Waals surface area contributed by atoms with Crippen molar-refractivity contribution in [2.75, 3.05) is 13.7 Å². The first-order valence-corrected chi connectivity index (χ1v) is 8.36. The molecule has 1 amide bonds. The highest BCUT2D eigenvalue weighted by Gasteiger charge is 2.71. The number of piperidine rings is 1. The van der Waals surface area contributed by atoms with E-state index in [1.54, 1.807) is 7.11 Å². The lowest BCUT2D eigenvalue weighted by Crippen LogP contribution is -2.71. The molecule has 0 radical (unpaired) electrons. The lowest BCUT2D eigenvalue weighted by Gasteiger charge is -2.54. The van der Waals surface area contributed by atoms with E-state index in [0.29, 0.717) is 18.4 Å². The monoisotopic (exact) mass is 312 g/mol. The van der Waals surface area contributed by atoms with E-state index >= 15 is 0 Å². The minimum Gasteiger partial charge on any atom is -0.483 e. The van der Waals surface area contributed by atoms with Crippen molar-refractivity contribution in [3.8, 4) is 0 Å². The van der Waals surface area contributed by atoms with Crippen molar-refractivity contribution in [3.63, 3.8) is 0 Å². The molecule has 1 aromatic carbocycles. The fourth-order valence-corrected chi connectivity index (χ4v) is 5.10. The second-order valence-electron chi connectivity index (χ2n) is 7.12. The molecule has 3 fully saturated rings. The first-order chi connectivity index (χ1) is 11.2. The Kier molecular flexibility index (Phi) is 2.56. The van der Waals surface area contributed by atoms with Crippen LogP contribution in [-0.4, -0.2) is 41.5 Å². The van der Waals surface area contributed by atoms with Crippen molar-refractivity contribution in [3.05, 3.63) is 35.9 Å². The van der Waals surface area contributed by atoms with Gasteiger partial charge in [-0.3, -0.25) is 9.69 Å². The molecule has 0 N–H and O–H groups in total. The molecule has 120 valence electrons. The molecule has 5 nitrogen and oxygen atoms in total. The Morgan fingerprint density at radius 3 is 2.96 bits per heavy atom. The maximum atomic E-state index is 13.4. The average Bonchev–Trinajstić information content (AvgIpc) is 3.18. The van der Waals surface area contributed by atoms with Gasteiger partial charge in [0.1, 0.15) is 11.1 Å². The van der Waals surface area contributed by atoms with Gasteiger partial charge in [-0.25, -0.2) is 4.99 Å². The SMILES string of the molecule is COC1=NC23CCC[C@@H]2CC12CO[C@H](c1ccccc1)N2C3=O. The van der Waals surface area contributed by atoms with Crippen molar-refractivity contribution in [1.29, 1.82) is 0 Å². The molecule has 5 heteroatoms. The molecule has 23 heavy (non-hydrogen) atoms. The predicted octanol–water partition coefficient (Wildman–Crippen LogP) is 2.28. The lowest BCUT2D eigenvalue weighted by molar-refractivity contribution is -0.155. The number of hydrogen-bond acceptors (Lipinski definition) is 4. The Morgan fingerprint density at radius 2 is 2.17 bits per heavy atom. The maximum Gasteiger partial charge on any atom is 0.254 e. The first-order valence-electron chi connectivity index (χ1n) is 8.36. The zero-order valence-corrected chi connectivity index (χ0v) is 13.2. The summed E-state index contributed by atoms with van der Waals surface area (Å²) in [5, 5.41) is 0. The molecule has 0 aromatic heterocycles. The normalized spacial score (nSPS) is 40.8. The largest absolute Gasteiger partial charge is 0.483 e. The quantitative estimate of drug-likeness (QED) is 0.799. The molecule has 2 saturated heterocycles. The molecule has 2 spiro atoms. The van der Waals surface area contributed by atoms with Gasteiger partial charge in [0.15, 0.2) is 6.23 Å². The molecule has 5 aliphatic rings. The summed E-state index contributed by atoms with van der Waals surface area (Å²) in [4.78, 5) is 20.2. The Hall–Kier alpha value is -1.88. The van der Waals surface area contributed by atoms with Gasteiger partial charge >= 0.3 is 0 Å². The summed E-state index contributed by atoms with van der Waals surface area (Å²) < 4.78 is 11.8. The molecular weight excluding hydrogens is 292 g/mol. The second-order valence-corrected chi connectivity index (χ2v) is 7.12. The van der Waals surface area contributed by atoms with Gasteiger partial charge in [0, 0.05) is 5.56 Å². The topological polar surface area (TPSA) is 51.1 Å². The Labute approximate surface area is 135 Å². The van der Waals surface area contributed by atoms with Crippen molar-refractivity contribution < 1.29 is 14.3 Å². The summed E-state index contributed by atoms with van der Waals surface area (Å²) in [6.07, 6.45) is 3.56. The van der Waals surface area contributed by atoms with E-state index < -0.39 is 11.1 Å². The molecule has 1 aliphatic carbocycles. The summed E-state index contributed by atoms with van der Waals surface area (Å²) in [6, 6.07) is 9.99. The third-order valence-corrected chi connectivity index (χ3v) is 6.11. The number of amides is 1. The lowest BCUT2D eigenvalue weighted by atomic mass is 9.68. The van der Waals surface area contributed by atoms with Crippen molar-refractivity contribution in [2.45, 2.75) is 43.0 Å². The molecule has 1 aromatic rings. The van der Waals surface area contributed by atoms with E-state index in [1.165, 1.54) is 0 Å². The van der Waals surface area contributed by atoms with Crippen LogP contribution in [0.15, 0.2) is 35.3 Å². The second kappa shape index (κ2) is 4.35. The number of carbonyl (C=O) groups is 1. The number of carbonyl (C=O) groups excluding carboxylic acids is 1. The van der Waals surface area contributed by atoms with Crippen LogP contribution in [0.5, 0.6) is 0 Å². The Morgan fingerprint density at radius 1 is 1.35 bits per heavy atom. The summed E-state index contributed by atoms with van der Waals surface area (Å²) in [7, 11) is 1.66. The van der Waals surface area contributed by atoms with Crippen LogP contribution < -0.4 is 0 Å². The number of hydrogen-bond donors (Lipinski definition) is 0. The van der Waals surface area contributed by atoms with Gasteiger partial charge in [-0.15, -0.1) is 0 Å². The van der Waals surface area contributed by atoms with E-state index in [4.69, 9.17) is 14.5 Å². The Balaban J connectivity index is 1.67. The third-order valence-electron chi connectivity index (χ3n) is 6.11. The fourth-order valence-electron chi connectivity index (χ4n) is 5.10. The standard InChI is InChI=1S/C18H20N2O3/c1-22-15-17-10-13-8-5-9-18(13,19-15)16(21)20(17)14(23-11-17)12-6-3-2-4-7-12/h2-4,6-7,13-14H,5,8-11H2,1H3/t13-,14-,17?,18?/m1/s1. The predicted molar refractivity (Wildman–Crippen MR) is 83.8 cm³/mol. The number of ether oxygens (including phenoxy) is 2. The average molecular weight is 312 g/mol. The fraction of sp³-hybridized carbons (Fsp3) is 0.556. The number of benzene rings is 1. The minimum absolute atomic E-state index is 0.137. The van der Waals surface area contributed by atoms with E-state index in [9.17, 15) is 4.79 Å². The van der Waals surface area contributed by atoms with Crippen LogP contribution in [0.1, 0.15) is 37.5 Å². The van der Waals surface area contributed by atoms with Gasteiger partial charge in [-0.2, -0.15) is 0 Å². The van der Waals surface area contributed by atoms with Crippen LogP contribution in [0.25, 0.3) is 0 Å². The maximum absolute atomic E-state index is 13.4. The van der Waals surface area contributed by atoms with Crippen LogP contribution in [-0.2, 0) is 14.3 Å². The summed E-state index contributed by atoms with van der Waals surface area (Å²) in [6.45, 7) is 0.470. The van der Waals surface area contributed by atoms with Crippen molar-refractivity contribution in [2.24, 2.45) is 10.9 Å². The van der Waals surface area contributed by atoms with Crippen LogP contribution in [0.3, 0.4) is 0 Å². The van der Waals surface area contributed by atoms with E-state index in [2.05, 4.69) is 0 Å². The van der Waals surface area contributed by atoms with E-state index in [0.717, 1.165) is 31.2 Å². The highest BCUT2D eigenvalue weighted by molar-refractivity contribution is 6.03. The molecule has 4 atom stereocenters.